The highest BCUT2D eigenvalue weighted by atomic mass is 32.2. The fourth-order valence-electron chi connectivity index (χ4n) is 4.28. The summed E-state index contributed by atoms with van der Waals surface area (Å²) in [5.74, 6) is 0.746. The van der Waals surface area contributed by atoms with Gasteiger partial charge in [0.05, 0.1) is 29.7 Å². The minimum atomic E-state index is -4.21. The Balaban J connectivity index is 1.58. The van der Waals surface area contributed by atoms with Crippen LogP contribution in [0.25, 0.3) is 0 Å². The molecule has 0 unspecified atom stereocenters. The first-order chi connectivity index (χ1) is 16.8. The summed E-state index contributed by atoms with van der Waals surface area (Å²) in [6, 6.07) is 12.4. The van der Waals surface area contributed by atoms with Crippen molar-refractivity contribution in [1.82, 2.24) is 9.79 Å². The van der Waals surface area contributed by atoms with E-state index in [0.29, 0.717) is 24.3 Å². The third-order valence-corrected chi connectivity index (χ3v) is 7.76. The minimum Gasteiger partial charge on any atom is -0.465 e. The number of aliphatic hydroxyl groups excluding tert-OH is 1. The first-order valence-corrected chi connectivity index (χ1v) is 13.1. The number of hydroxylamine groups is 1. The van der Waals surface area contributed by atoms with Crippen molar-refractivity contribution in [3.8, 4) is 11.5 Å². The highest BCUT2D eigenvalue weighted by Crippen LogP contribution is 2.35. The lowest BCUT2D eigenvalue weighted by Gasteiger charge is -2.32. The second kappa shape index (κ2) is 11.3. The summed E-state index contributed by atoms with van der Waals surface area (Å²) >= 11 is 0. The molecule has 2 aromatic carbocycles. The fourth-order valence-corrected chi connectivity index (χ4v) is 5.59. The van der Waals surface area contributed by atoms with Crippen molar-refractivity contribution < 1.29 is 37.7 Å². The number of fused-ring (bicyclic) bond motifs is 1. The number of nitrogens with zero attached hydrogens (tertiary/aromatic N) is 1. The maximum atomic E-state index is 13.6. The predicted molar refractivity (Wildman–Crippen MR) is 126 cm³/mol. The van der Waals surface area contributed by atoms with Gasteiger partial charge in [0, 0.05) is 6.07 Å². The zero-order chi connectivity index (χ0) is 24.8. The van der Waals surface area contributed by atoms with E-state index in [-0.39, 0.29) is 24.2 Å². The van der Waals surface area contributed by atoms with Crippen LogP contribution in [-0.4, -0.2) is 60.8 Å². The molecule has 0 radical (unpaired) electrons. The van der Waals surface area contributed by atoms with Gasteiger partial charge in [-0.25, -0.2) is 13.2 Å². The monoisotopic (exact) mass is 506 g/mol. The van der Waals surface area contributed by atoms with E-state index in [1.165, 1.54) is 18.2 Å². The standard InChI is InChI=1S/C24H30N2O8S/c27-21(20(25-24(28)29)13-17-7-3-1-4-8-17)15-26(34-18-9-5-2-6-10-18)35(30,31)19-11-12-22-23(14-19)33-16-32-22/h1,3-4,7-8,11-12,14,18,20-21,25,27H,2,5-6,9-10,13,15-16H2,(H,28,29)/t20-,21-/m0/s1. The maximum absolute atomic E-state index is 13.6. The SMILES string of the molecule is O=C(O)N[C@@H](Cc1ccccc1)[C@@H](O)CN(OC1CCCCC1)S(=O)(=O)c1ccc2c(c1)OCO2. The van der Waals surface area contributed by atoms with Gasteiger partial charge in [-0.15, -0.1) is 0 Å². The fraction of sp³-hybridized carbons (Fsp3) is 0.458. The second-order valence-electron chi connectivity index (χ2n) is 8.68. The lowest BCUT2D eigenvalue weighted by Crippen LogP contribution is -2.50. The van der Waals surface area contributed by atoms with Crippen molar-refractivity contribution >= 4 is 16.1 Å². The minimum absolute atomic E-state index is 0.00185. The zero-order valence-corrected chi connectivity index (χ0v) is 20.0. The van der Waals surface area contributed by atoms with Crippen molar-refractivity contribution in [3.63, 3.8) is 0 Å². The van der Waals surface area contributed by atoms with Crippen molar-refractivity contribution in [2.75, 3.05) is 13.3 Å². The number of nitrogens with one attached hydrogen (secondary N) is 1. The molecule has 1 amide bonds. The van der Waals surface area contributed by atoms with Gasteiger partial charge in [0.15, 0.2) is 11.5 Å². The lowest BCUT2D eigenvalue weighted by atomic mass is 9.98. The number of rotatable bonds is 10. The van der Waals surface area contributed by atoms with E-state index in [4.69, 9.17) is 14.3 Å². The van der Waals surface area contributed by atoms with Gasteiger partial charge in [0.2, 0.25) is 6.79 Å². The molecule has 0 saturated heterocycles. The van der Waals surface area contributed by atoms with Gasteiger partial charge in [-0.2, -0.15) is 0 Å². The molecule has 1 fully saturated rings. The molecular weight excluding hydrogens is 476 g/mol. The molecule has 2 aliphatic rings. The quantitative estimate of drug-likeness (QED) is 0.419. The van der Waals surface area contributed by atoms with Crippen LogP contribution in [-0.2, 0) is 21.3 Å². The molecule has 10 nitrogen and oxygen atoms in total. The average molecular weight is 507 g/mol. The summed E-state index contributed by atoms with van der Waals surface area (Å²) in [5, 5.41) is 22.7. The van der Waals surface area contributed by atoms with Gasteiger partial charge in [0.1, 0.15) is 0 Å². The lowest BCUT2D eigenvalue weighted by molar-refractivity contribution is -0.156. The Morgan fingerprint density at radius 1 is 1.09 bits per heavy atom. The van der Waals surface area contributed by atoms with E-state index in [0.717, 1.165) is 29.3 Å². The number of sulfonamides is 1. The van der Waals surface area contributed by atoms with Gasteiger partial charge in [0.25, 0.3) is 10.0 Å². The topological polar surface area (TPSA) is 135 Å². The van der Waals surface area contributed by atoms with Crippen molar-refractivity contribution in [2.24, 2.45) is 0 Å². The van der Waals surface area contributed by atoms with Crippen molar-refractivity contribution in [2.45, 2.75) is 61.7 Å². The Morgan fingerprint density at radius 2 is 1.80 bits per heavy atom. The number of amides is 1. The van der Waals surface area contributed by atoms with Crippen molar-refractivity contribution in [1.29, 1.82) is 0 Å². The molecule has 1 aliphatic carbocycles. The molecule has 1 saturated carbocycles. The molecule has 3 N–H and O–H groups in total. The molecular formula is C24H30N2O8S. The highest BCUT2D eigenvalue weighted by molar-refractivity contribution is 7.89. The maximum Gasteiger partial charge on any atom is 0.404 e. The number of hydrogen-bond acceptors (Lipinski definition) is 7. The number of ether oxygens (including phenoxy) is 2. The smallest absolute Gasteiger partial charge is 0.404 e. The first-order valence-electron chi connectivity index (χ1n) is 11.6. The molecule has 2 atom stereocenters. The highest BCUT2D eigenvalue weighted by Gasteiger charge is 2.35. The summed E-state index contributed by atoms with van der Waals surface area (Å²) in [5.41, 5.74) is 0.795. The Hall–Kier alpha value is -2.86. The zero-order valence-electron chi connectivity index (χ0n) is 19.2. The molecule has 0 aromatic heterocycles. The van der Waals surface area contributed by atoms with E-state index in [1.807, 2.05) is 30.3 Å². The molecule has 0 bridgehead atoms. The Morgan fingerprint density at radius 3 is 2.51 bits per heavy atom. The number of hydrogen-bond donors (Lipinski definition) is 3. The number of carbonyl (C=O) groups is 1. The van der Waals surface area contributed by atoms with Gasteiger partial charge < -0.3 is 25.0 Å². The van der Waals surface area contributed by atoms with Crippen LogP contribution in [0, 0.1) is 0 Å². The molecule has 4 rings (SSSR count). The van der Waals surface area contributed by atoms with Crippen LogP contribution in [0.1, 0.15) is 37.7 Å². The normalized spacial score (nSPS) is 17.8. The summed E-state index contributed by atoms with van der Waals surface area (Å²) < 4.78 is 38.6. The summed E-state index contributed by atoms with van der Waals surface area (Å²) in [4.78, 5) is 17.3. The first kappa shape index (κ1) is 25.2. The van der Waals surface area contributed by atoms with Gasteiger partial charge in [-0.05, 0) is 37.0 Å². The van der Waals surface area contributed by atoms with Crippen LogP contribution in [0.5, 0.6) is 11.5 Å². The molecule has 0 spiro atoms. The van der Waals surface area contributed by atoms with Gasteiger partial charge in [-0.1, -0.05) is 54.1 Å². The van der Waals surface area contributed by atoms with Crippen LogP contribution in [0.3, 0.4) is 0 Å². The molecule has 2 aromatic rings. The third-order valence-electron chi connectivity index (χ3n) is 6.14. The Labute approximate surface area is 204 Å². The second-order valence-corrected chi connectivity index (χ2v) is 10.5. The van der Waals surface area contributed by atoms with E-state index in [9.17, 15) is 23.4 Å². The van der Waals surface area contributed by atoms with Crippen LogP contribution in [0.4, 0.5) is 4.79 Å². The molecule has 190 valence electrons. The van der Waals surface area contributed by atoms with E-state index in [1.54, 1.807) is 0 Å². The average Bonchev–Trinajstić information content (AvgIpc) is 3.32. The third kappa shape index (κ3) is 6.43. The van der Waals surface area contributed by atoms with E-state index >= 15 is 0 Å². The van der Waals surface area contributed by atoms with E-state index in [2.05, 4.69) is 5.32 Å². The molecule has 1 aliphatic heterocycles. The number of aliphatic hydroxyl groups is 1. The summed E-state index contributed by atoms with van der Waals surface area (Å²) in [6.07, 6.45) is 1.45. The van der Waals surface area contributed by atoms with Crippen LogP contribution < -0.4 is 14.8 Å². The molecule has 35 heavy (non-hydrogen) atoms. The Kier molecular flexibility index (Phi) is 8.11. The largest absolute Gasteiger partial charge is 0.465 e. The van der Waals surface area contributed by atoms with Crippen LogP contribution >= 0.6 is 0 Å². The van der Waals surface area contributed by atoms with Crippen molar-refractivity contribution in [3.05, 3.63) is 54.1 Å². The summed E-state index contributed by atoms with van der Waals surface area (Å²) in [7, 11) is -4.21. The van der Waals surface area contributed by atoms with Crippen LogP contribution in [0.15, 0.2) is 53.4 Å². The van der Waals surface area contributed by atoms with Gasteiger partial charge in [-0.3, -0.25) is 4.84 Å². The molecule has 11 heteroatoms. The predicted octanol–water partition coefficient (Wildman–Crippen LogP) is 2.91. The number of carboxylic acid groups (broad SMARTS) is 1. The van der Waals surface area contributed by atoms with E-state index < -0.39 is 34.8 Å². The number of benzene rings is 2. The Bertz CT molecular complexity index is 1110. The van der Waals surface area contributed by atoms with Crippen LogP contribution in [0.2, 0.25) is 0 Å². The summed E-state index contributed by atoms with van der Waals surface area (Å²) in [6.45, 7) is -0.451. The molecule has 1 heterocycles. The van der Waals surface area contributed by atoms with Gasteiger partial charge >= 0.3 is 6.09 Å².